The first-order valence-electron chi connectivity index (χ1n) is 4.80. The van der Waals surface area contributed by atoms with Gasteiger partial charge in [0, 0.05) is 0 Å². The quantitative estimate of drug-likeness (QED) is 0.769. The Bertz CT molecular complexity index is 469. The molecule has 2 aromatic carbocycles. The maximum atomic E-state index is 13.1. The molecule has 0 aromatic heterocycles. The second-order valence-electron chi connectivity index (χ2n) is 3.26. The molecule has 0 aliphatic rings. The molecule has 0 aliphatic heterocycles. The van der Waals surface area contributed by atoms with Gasteiger partial charge < -0.3 is 4.74 Å². The summed E-state index contributed by atoms with van der Waals surface area (Å²) in [4.78, 5) is 0. The van der Waals surface area contributed by atoms with Gasteiger partial charge in [-0.1, -0.05) is 30.3 Å². The Hall–Kier alpha value is -1.90. The zero-order chi connectivity index (χ0) is 11.4. The summed E-state index contributed by atoms with van der Waals surface area (Å²) in [5.74, 6) is -1.44. The van der Waals surface area contributed by atoms with Crippen molar-refractivity contribution in [2.75, 3.05) is 0 Å². The molecule has 0 bridgehead atoms. The lowest BCUT2D eigenvalue weighted by Crippen LogP contribution is -1.97. The summed E-state index contributed by atoms with van der Waals surface area (Å²) in [5.41, 5.74) is 0.888. The van der Waals surface area contributed by atoms with Gasteiger partial charge in [0.1, 0.15) is 12.4 Å². The van der Waals surface area contributed by atoms with Crippen LogP contribution < -0.4 is 4.74 Å². The monoisotopic (exact) mass is 219 g/mol. The third kappa shape index (κ3) is 2.57. The Kier molecular flexibility index (Phi) is 3.15. The van der Waals surface area contributed by atoms with Crippen LogP contribution in [0.4, 0.5) is 8.78 Å². The van der Waals surface area contributed by atoms with E-state index in [1.165, 1.54) is 0 Å². The van der Waals surface area contributed by atoms with Gasteiger partial charge in [-0.3, -0.25) is 0 Å². The van der Waals surface area contributed by atoms with Crippen LogP contribution in [0.5, 0.6) is 5.75 Å². The molecule has 0 unspecified atom stereocenters. The highest BCUT2D eigenvalue weighted by molar-refractivity contribution is 5.24. The third-order valence-electron chi connectivity index (χ3n) is 2.05. The first kappa shape index (κ1) is 10.6. The number of ether oxygens (including phenoxy) is 1. The molecule has 0 amide bonds. The Morgan fingerprint density at radius 3 is 2.50 bits per heavy atom. The zero-order valence-corrected chi connectivity index (χ0v) is 8.41. The number of halogens is 2. The molecule has 1 radical (unpaired) electrons. The summed E-state index contributed by atoms with van der Waals surface area (Å²) in [5, 5.41) is 0. The minimum atomic E-state index is -0.635. The van der Waals surface area contributed by atoms with Crippen molar-refractivity contribution in [2.45, 2.75) is 6.61 Å². The predicted molar refractivity (Wildman–Crippen MR) is 56.0 cm³/mol. The highest BCUT2D eigenvalue weighted by Gasteiger charge is 2.05. The number of rotatable bonds is 3. The zero-order valence-electron chi connectivity index (χ0n) is 8.41. The van der Waals surface area contributed by atoms with E-state index in [1.54, 1.807) is 0 Å². The third-order valence-corrected chi connectivity index (χ3v) is 2.05. The van der Waals surface area contributed by atoms with E-state index in [0.29, 0.717) is 0 Å². The van der Waals surface area contributed by atoms with Gasteiger partial charge in [-0.2, -0.15) is 0 Å². The van der Waals surface area contributed by atoms with Crippen molar-refractivity contribution in [3.63, 3.8) is 0 Å². The second-order valence-corrected chi connectivity index (χ2v) is 3.26. The van der Waals surface area contributed by atoms with E-state index in [4.69, 9.17) is 4.74 Å². The van der Waals surface area contributed by atoms with Crippen molar-refractivity contribution in [1.29, 1.82) is 0 Å². The van der Waals surface area contributed by atoms with Crippen LogP contribution in [-0.4, -0.2) is 0 Å². The second kappa shape index (κ2) is 4.75. The SMILES string of the molecule is Fc1[c]c(OCc2ccccc2)c(F)cc1. The van der Waals surface area contributed by atoms with Crippen molar-refractivity contribution >= 4 is 0 Å². The molecule has 81 valence electrons. The van der Waals surface area contributed by atoms with Crippen LogP contribution in [0, 0.1) is 17.7 Å². The molecule has 0 saturated carbocycles. The molecule has 0 saturated heterocycles. The van der Waals surface area contributed by atoms with Gasteiger partial charge in [0.2, 0.25) is 0 Å². The molecule has 16 heavy (non-hydrogen) atoms. The standard InChI is InChI=1S/C13H9F2O/c14-11-6-7-12(15)13(8-11)16-9-10-4-2-1-3-5-10/h1-7H,9H2. The number of hydrogen-bond acceptors (Lipinski definition) is 1. The van der Waals surface area contributed by atoms with Gasteiger partial charge in [-0.05, 0) is 17.7 Å². The van der Waals surface area contributed by atoms with E-state index < -0.39 is 11.6 Å². The molecular formula is C13H9F2O. The minimum absolute atomic E-state index is 0.191. The van der Waals surface area contributed by atoms with Gasteiger partial charge in [-0.25, -0.2) is 8.78 Å². The van der Waals surface area contributed by atoms with Crippen LogP contribution in [0.1, 0.15) is 5.56 Å². The average Bonchev–Trinajstić information content (AvgIpc) is 2.32. The average molecular weight is 219 g/mol. The van der Waals surface area contributed by atoms with Crippen LogP contribution in [0.3, 0.4) is 0 Å². The van der Waals surface area contributed by atoms with Crippen molar-refractivity contribution in [3.8, 4) is 5.75 Å². The van der Waals surface area contributed by atoms with Gasteiger partial charge in [0.15, 0.2) is 11.6 Å². The van der Waals surface area contributed by atoms with Crippen LogP contribution in [-0.2, 0) is 6.61 Å². The molecule has 0 heterocycles. The smallest absolute Gasteiger partial charge is 0.166 e. The van der Waals surface area contributed by atoms with Crippen molar-refractivity contribution in [1.82, 2.24) is 0 Å². The Morgan fingerprint density at radius 1 is 1.00 bits per heavy atom. The van der Waals surface area contributed by atoms with Crippen LogP contribution >= 0.6 is 0 Å². The van der Waals surface area contributed by atoms with Crippen molar-refractivity contribution in [2.24, 2.45) is 0 Å². The fourth-order valence-electron chi connectivity index (χ4n) is 1.27. The molecule has 2 aromatic rings. The van der Waals surface area contributed by atoms with E-state index >= 15 is 0 Å². The minimum Gasteiger partial charge on any atom is -0.485 e. The highest BCUT2D eigenvalue weighted by atomic mass is 19.1. The first-order valence-corrected chi connectivity index (χ1v) is 4.80. The molecule has 1 nitrogen and oxygen atoms in total. The Balaban J connectivity index is 2.08. The molecule has 0 aliphatic carbocycles. The van der Waals surface area contributed by atoms with Gasteiger partial charge in [0.25, 0.3) is 0 Å². The number of hydrogen-bond donors (Lipinski definition) is 0. The van der Waals surface area contributed by atoms with Crippen molar-refractivity contribution in [3.05, 3.63) is 65.7 Å². The van der Waals surface area contributed by atoms with E-state index in [-0.39, 0.29) is 12.4 Å². The van der Waals surface area contributed by atoms with E-state index in [2.05, 4.69) is 6.07 Å². The molecule has 0 N–H and O–H groups in total. The van der Waals surface area contributed by atoms with Gasteiger partial charge in [0.05, 0.1) is 6.07 Å². The lowest BCUT2D eigenvalue weighted by Gasteiger charge is -2.06. The molecule has 3 heteroatoms. The van der Waals surface area contributed by atoms with E-state index in [9.17, 15) is 8.78 Å². The summed E-state index contributed by atoms with van der Waals surface area (Å²) in [7, 11) is 0. The highest BCUT2D eigenvalue weighted by Crippen LogP contribution is 2.18. The summed E-state index contributed by atoms with van der Waals surface area (Å²) in [6.07, 6.45) is 0. The number of benzene rings is 2. The lowest BCUT2D eigenvalue weighted by molar-refractivity contribution is 0.287. The normalized spacial score (nSPS) is 10.1. The topological polar surface area (TPSA) is 9.23 Å². The predicted octanol–water partition coefficient (Wildman–Crippen LogP) is 3.34. The van der Waals surface area contributed by atoms with Crippen molar-refractivity contribution < 1.29 is 13.5 Å². The summed E-state index contributed by atoms with van der Waals surface area (Å²) in [6, 6.07) is 13.5. The molecular weight excluding hydrogens is 210 g/mol. The molecule has 0 atom stereocenters. The Morgan fingerprint density at radius 2 is 1.75 bits per heavy atom. The molecule has 0 spiro atoms. The maximum Gasteiger partial charge on any atom is 0.166 e. The van der Waals surface area contributed by atoms with Gasteiger partial charge in [-0.15, -0.1) is 0 Å². The largest absolute Gasteiger partial charge is 0.485 e. The molecule has 0 fully saturated rings. The Labute approximate surface area is 92.3 Å². The lowest BCUT2D eigenvalue weighted by atomic mass is 10.2. The van der Waals surface area contributed by atoms with Crippen LogP contribution in [0.15, 0.2) is 42.5 Å². The van der Waals surface area contributed by atoms with Gasteiger partial charge >= 0.3 is 0 Å². The van der Waals surface area contributed by atoms with Crippen LogP contribution in [0.2, 0.25) is 0 Å². The summed E-state index contributed by atoms with van der Waals surface area (Å²) < 4.78 is 31.1. The first-order chi connectivity index (χ1) is 7.75. The maximum absolute atomic E-state index is 13.1. The van der Waals surface area contributed by atoms with E-state index in [1.807, 2.05) is 30.3 Å². The van der Waals surface area contributed by atoms with Crippen LogP contribution in [0.25, 0.3) is 0 Å². The molecule has 2 rings (SSSR count). The van der Waals surface area contributed by atoms with E-state index in [0.717, 1.165) is 17.7 Å². The fourth-order valence-corrected chi connectivity index (χ4v) is 1.27. The fraction of sp³-hybridized carbons (Fsp3) is 0.0769. The summed E-state index contributed by atoms with van der Waals surface area (Å²) >= 11 is 0. The summed E-state index contributed by atoms with van der Waals surface area (Å²) in [6.45, 7) is 0.192.